The lowest BCUT2D eigenvalue weighted by Crippen LogP contribution is -2.37. The Kier molecular flexibility index (Phi) is 8.40. The summed E-state index contributed by atoms with van der Waals surface area (Å²) in [5.41, 5.74) is 2.55. The van der Waals surface area contributed by atoms with Crippen molar-refractivity contribution in [2.45, 2.75) is 46.1 Å². The number of carbonyl (C=O) groups is 2. The minimum Gasteiger partial charge on any atom is -0.496 e. The van der Waals surface area contributed by atoms with E-state index >= 15 is 0 Å². The van der Waals surface area contributed by atoms with E-state index in [-0.39, 0.29) is 24.9 Å². The molecule has 0 atom stereocenters. The van der Waals surface area contributed by atoms with Gasteiger partial charge in [0.2, 0.25) is 0 Å². The second kappa shape index (κ2) is 11.3. The number of ether oxygens (including phenoxy) is 3. The van der Waals surface area contributed by atoms with E-state index in [1.807, 2.05) is 30.3 Å². The van der Waals surface area contributed by atoms with E-state index in [9.17, 15) is 9.59 Å². The second-order valence-corrected chi connectivity index (χ2v) is 9.77. The zero-order valence-corrected chi connectivity index (χ0v) is 22.0. The summed E-state index contributed by atoms with van der Waals surface area (Å²) in [6.07, 6.45) is 1.27. The van der Waals surface area contributed by atoms with Crippen LogP contribution in [0, 0.1) is 0 Å². The largest absolute Gasteiger partial charge is 0.496 e. The van der Waals surface area contributed by atoms with E-state index in [2.05, 4.69) is 29.5 Å². The fourth-order valence-electron chi connectivity index (χ4n) is 3.85. The molecule has 0 fully saturated rings. The number of carbonyl (C=O) groups excluding carboxylic acids is 2. The Hall–Kier alpha value is -3.81. The van der Waals surface area contributed by atoms with Crippen molar-refractivity contribution in [3.8, 4) is 22.8 Å². The zero-order valence-electron chi connectivity index (χ0n) is 22.0. The molecule has 1 aromatic heterocycles. The predicted octanol–water partition coefficient (Wildman–Crippen LogP) is 5.30. The van der Waals surface area contributed by atoms with Crippen LogP contribution in [-0.2, 0) is 4.74 Å². The smallest absolute Gasteiger partial charge is 0.407 e. The summed E-state index contributed by atoms with van der Waals surface area (Å²) in [7, 11) is 3.29. The summed E-state index contributed by atoms with van der Waals surface area (Å²) in [5.74, 6) is 1.49. The fraction of sp³-hybridized carbons (Fsp3) is 0.393. The Morgan fingerprint density at radius 2 is 1.56 bits per heavy atom. The minimum atomic E-state index is -0.571. The molecular weight excluding hydrogens is 458 g/mol. The van der Waals surface area contributed by atoms with Crippen LogP contribution in [-0.4, -0.2) is 49.9 Å². The molecule has 192 valence electrons. The molecule has 0 bridgehead atoms. The second-order valence-electron chi connectivity index (χ2n) is 9.77. The lowest BCUT2D eigenvalue weighted by molar-refractivity contribution is 0.0526. The van der Waals surface area contributed by atoms with Gasteiger partial charge in [-0.2, -0.15) is 0 Å². The molecule has 0 saturated heterocycles. The van der Waals surface area contributed by atoms with Gasteiger partial charge in [0.05, 0.1) is 19.9 Å². The third kappa shape index (κ3) is 6.65. The average Bonchev–Trinajstić information content (AvgIpc) is 2.83. The summed E-state index contributed by atoms with van der Waals surface area (Å²) in [6.45, 7) is 10.1. The van der Waals surface area contributed by atoms with Gasteiger partial charge >= 0.3 is 6.09 Å². The maximum absolute atomic E-state index is 12.7. The fourth-order valence-corrected chi connectivity index (χ4v) is 3.85. The third-order valence-corrected chi connectivity index (χ3v) is 5.48. The van der Waals surface area contributed by atoms with Gasteiger partial charge in [-0.1, -0.05) is 19.9 Å². The standard InChI is InChI=1S/C28H35N3O5/c1-17(2)25-23(34-6)14-21(15-24(25)35-7)22-13-20-12-18(8-9-19(20)16-31-22)26(32)29-10-11-30-27(33)36-28(3,4)5/h8-9,12-17H,10-11H2,1-7H3,(H,29,32)(H,30,33). The number of amides is 2. The molecule has 0 aliphatic rings. The van der Waals surface area contributed by atoms with Crippen molar-refractivity contribution in [1.29, 1.82) is 0 Å². The van der Waals surface area contributed by atoms with Gasteiger partial charge in [-0.15, -0.1) is 0 Å². The van der Waals surface area contributed by atoms with Crippen LogP contribution < -0.4 is 20.1 Å². The molecule has 3 rings (SSSR count). The zero-order chi connectivity index (χ0) is 26.5. The van der Waals surface area contributed by atoms with E-state index in [1.54, 1.807) is 47.3 Å². The maximum atomic E-state index is 12.7. The number of methoxy groups -OCH3 is 2. The van der Waals surface area contributed by atoms with E-state index in [1.165, 1.54) is 0 Å². The SMILES string of the molecule is COc1cc(-c2cc3cc(C(=O)NCCNC(=O)OC(C)(C)C)ccc3cn2)cc(OC)c1C(C)C. The van der Waals surface area contributed by atoms with E-state index in [0.29, 0.717) is 5.56 Å². The number of benzene rings is 2. The quantitative estimate of drug-likeness (QED) is 0.413. The van der Waals surface area contributed by atoms with Gasteiger partial charge in [0.1, 0.15) is 17.1 Å². The van der Waals surface area contributed by atoms with Crippen molar-refractivity contribution >= 4 is 22.8 Å². The molecule has 8 nitrogen and oxygen atoms in total. The van der Waals surface area contributed by atoms with Gasteiger partial charge in [0, 0.05) is 41.4 Å². The summed E-state index contributed by atoms with van der Waals surface area (Å²) in [6, 6.07) is 11.3. The van der Waals surface area contributed by atoms with Crippen LogP contribution >= 0.6 is 0 Å². The number of alkyl carbamates (subject to hydrolysis) is 1. The first-order valence-electron chi connectivity index (χ1n) is 11.9. The van der Waals surface area contributed by atoms with Crippen LogP contribution in [0.15, 0.2) is 42.6 Å². The van der Waals surface area contributed by atoms with Gasteiger partial charge in [-0.05, 0) is 62.4 Å². The number of hydrogen-bond acceptors (Lipinski definition) is 6. The molecule has 2 amide bonds. The first-order chi connectivity index (χ1) is 17.0. The van der Waals surface area contributed by atoms with E-state index in [0.717, 1.165) is 39.1 Å². The monoisotopic (exact) mass is 493 g/mol. The van der Waals surface area contributed by atoms with Gasteiger partial charge < -0.3 is 24.8 Å². The predicted molar refractivity (Wildman–Crippen MR) is 141 cm³/mol. The summed E-state index contributed by atoms with van der Waals surface area (Å²) in [5, 5.41) is 7.24. The Labute approximate surface area is 212 Å². The molecule has 0 unspecified atom stereocenters. The number of nitrogens with zero attached hydrogens (tertiary/aromatic N) is 1. The molecule has 0 radical (unpaired) electrons. The lowest BCUT2D eigenvalue weighted by Gasteiger charge is -2.19. The van der Waals surface area contributed by atoms with Crippen molar-refractivity contribution in [3.05, 3.63) is 53.7 Å². The van der Waals surface area contributed by atoms with E-state index < -0.39 is 11.7 Å². The first kappa shape index (κ1) is 26.8. The van der Waals surface area contributed by atoms with E-state index in [4.69, 9.17) is 14.2 Å². The number of pyridine rings is 1. The Morgan fingerprint density at radius 3 is 2.14 bits per heavy atom. The van der Waals surface area contributed by atoms with Crippen LogP contribution in [0.2, 0.25) is 0 Å². The molecular formula is C28H35N3O5. The summed E-state index contributed by atoms with van der Waals surface area (Å²) >= 11 is 0. The Bertz CT molecular complexity index is 1220. The van der Waals surface area contributed by atoms with Crippen LogP contribution in [0.4, 0.5) is 4.79 Å². The van der Waals surface area contributed by atoms with Crippen molar-refractivity contribution in [2.75, 3.05) is 27.3 Å². The normalized spacial score (nSPS) is 11.3. The molecule has 0 spiro atoms. The molecule has 3 aromatic rings. The summed E-state index contributed by atoms with van der Waals surface area (Å²) in [4.78, 5) is 29.0. The average molecular weight is 494 g/mol. The molecule has 0 saturated carbocycles. The van der Waals surface area contributed by atoms with Crippen molar-refractivity contribution in [2.24, 2.45) is 0 Å². The Balaban J connectivity index is 1.77. The number of rotatable bonds is 8. The highest BCUT2D eigenvalue weighted by Gasteiger charge is 2.18. The molecule has 0 aliphatic carbocycles. The van der Waals surface area contributed by atoms with Crippen molar-refractivity contribution in [3.63, 3.8) is 0 Å². The molecule has 1 heterocycles. The highest BCUT2D eigenvalue weighted by atomic mass is 16.6. The van der Waals surface area contributed by atoms with Gasteiger partial charge in [-0.3, -0.25) is 9.78 Å². The number of fused-ring (bicyclic) bond motifs is 1. The maximum Gasteiger partial charge on any atom is 0.407 e. The highest BCUT2D eigenvalue weighted by molar-refractivity contribution is 5.99. The number of nitrogens with one attached hydrogen (secondary N) is 2. The third-order valence-electron chi connectivity index (χ3n) is 5.48. The molecule has 2 aromatic carbocycles. The number of hydrogen-bond donors (Lipinski definition) is 2. The lowest BCUT2D eigenvalue weighted by atomic mass is 9.97. The first-order valence-corrected chi connectivity index (χ1v) is 11.9. The van der Waals surface area contributed by atoms with Crippen molar-refractivity contribution < 1.29 is 23.8 Å². The molecule has 36 heavy (non-hydrogen) atoms. The van der Waals surface area contributed by atoms with Gasteiger partial charge in [0.25, 0.3) is 5.91 Å². The highest BCUT2D eigenvalue weighted by Crippen LogP contribution is 2.39. The topological polar surface area (TPSA) is 98.8 Å². The van der Waals surface area contributed by atoms with Gasteiger partial charge in [-0.25, -0.2) is 4.79 Å². The van der Waals surface area contributed by atoms with Crippen LogP contribution in [0.1, 0.15) is 56.5 Å². The van der Waals surface area contributed by atoms with Crippen molar-refractivity contribution in [1.82, 2.24) is 15.6 Å². The minimum absolute atomic E-state index is 0.230. The molecule has 2 N–H and O–H groups in total. The van der Waals surface area contributed by atoms with Crippen LogP contribution in [0.3, 0.4) is 0 Å². The molecule has 8 heteroatoms. The van der Waals surface area contributed by atoms with Crippen LogP contribution in [0.5, 0.6) is 11.5 Å². The Morgan fingerprint density at radius 1 is 0.917 bits per heavy atom. The summed E-state index contributed by atoms with van der Waals surface area (Å²) < 4.78 is 16.5. The van der Waals surface area contributed by atoms with Gasteiger partial charge in [0.15, 0.2) is 0 Å². The number of aromatic nitrogens is 1. The van der Waals surface area contributed by atoms with Crippen LogP contribution in [0.25, 0.3) is 22.0 Å². The molecule has 0 aliphatic heterocycles.